The number of anilines is 4. The van der Waals surface area contributed by atoms with Crippen molar-refractivity contribution in [2.75, 3.05) is 10.6 Å². The van der Waals surface area contributed by atoms with E-state index in [1.807, 2.05) is 31.2 Å². The molecular weight excluding hydrogens is 314 g/mol. The standard InChI is InChI=1S/C19H19N5O/c1-12-6-4-9-17(13(12)2)22-19-23-18(11-20-24-19)21-16-8-5-7-15(10-16)14(3)25/h4-11H,1-3H3,(H2,21,22,23,24). The molecule has 0 saturated carbocycles. The van der Waals surface area contributed by atoms with Crippen molar-refractivity contribution in [1.82, 2.24) is 15.2 Å². The molecule has 2 N–H and O–H groups in total. The lowest BCUT2D eigenvalue weighted by Crippen LogP contribution is -2.04. The molecule has 0 bridgehead atoms. The smallest absolute Gasteiger partial charge is 0.249 e. The minimum absolute atomic E-state index is 0.0155. The number of nitrogens with zero attached hydrogens (tertiary/aromatic N) is 3. The first-order valence-corrected chi connectivity index (χ1v) is 7.94. The van der Waals surface area contributed by atoms with Crippen LogP contribution < -0.4 is 10.6 Å². The van der Waals surface area contributed by atoms with Crippen LogP contribution in [0.3, 0.4) is 0 Å². The molecule has 0 fully saturated rings. The summed E-state index contributed by atoms with van der Waals surface area (Å²) in [6.07, 6.45) is 1.54. The predicted octanol–water partition coefficient (Wildman–Crippen LogP) is 4.18. The number of benzene rings is 2. The second kappa shape index (κ2) is 7.09. The summed E-state index contributed by atoms with van der Waals surface area (Å²) in [5.74, 6) is 0.965. The third-order valence-corrected chi connectivity index (χ3v) is 3.95. The number of hydrogen-bond donors (Lipinski definition) is 2. The van der Waals surface area contributed by atoms with Crippen LogP contribution in [0.5, 0.6) is 0 Å². The molecule has 3 aromatic rings. The number of nitrogens with one attached hydrogen (secondary N) is 2. The van der Waals surface area contributed by atoms with Crippen molar-refractivity contribution < 1.29 is 4.79 Å². The molecule has 3 rings (SSSR count). The number of aryl methyl sites for hydroxylation is 1. The summed E-state index contributed by atoms with van der Waals surface area (Å²) in [6, 6.07) is 13.3. The van der Waals surface area contributed by atoms with E-state index < -0.39 is 0 Å². The summed E-state index contributed by atoms with van der Waals surface area (Å²) >= 11 is 0. The van der Waals surface area contributed by atoms with Crippen LogP contribution in [-0.2, 0) is 0 Å². The second-order valence-electron chi connectivity index (χ2n) is 5.80. The summed E-state index contributed by atoms with van der Waals surface area (Å²) in [5, 5.41) is 14.3. The van der Waals surface area contributed by atoms with Crippen molar-refractivity contribution in [2.45, 2.75) is 20.8 Å². The first kappa shape index (κ1) is 16.6. The molecule has 0 unspecified atom stereocenters. The summed E-state index contributed by atoms with van der Waals surface area (Å²) in [6.45, 7) is 5.64. The Kier molecular flexibility index (Phi) is 4.70. The van der Waals surface area contributed by atoms with Gasteiger partial charge in [-0.25, -0.2) is 0 Å². The largest absolute Gasteiger partial charge is 0.339 e. The van der Waals surface area contributed by atoms with Gasteiger partial charge in [-0.2, -0.15) is 10.1 Å². The van der Waals surface area contributed by atoms with E-state index in [9.17, 15) is 4.79 Å². The van der Waals surface area contributed by atoms with Crippen LogP contribution in [0.1, 0.15) is 28.4 Å². The molecule has 0 aliphatic rings. The first-order chi connectivity index (χ1) is 12.0. The third kappa shape index (κ3) is 3.98. The normalized spacial score (nSPS) is 10.4. The Morgan fingerprint density at radius 3 is 2.64 bits per heavy atom. The van der Waals surface area contributed by atoms with Crippen LogP contribution in [0.2, 0.25) is 0 Å². The van der Waals surface area contributed by atoms with Crippen LogP contribution in [0.25, 0.3) is 0 Å². The summed E-state index contributed by atoms with van der Waals surface area (Å²) < 4.78 is 0. The van der Waals surface area contributed by atoms with Crippen LogP contribution in [-0.4, -0.2) is 21.0 Å². The number of aromatic nitrogens is 3. The molecule has 2 aromatic carbocycles. The highest BCUT2D eigenvalue weighted by molar-refractivity contribution is 5.95. The molecule has 0 saturated heterocycles. The van der Waals surface area contributed by atoms with E-state index in [2.05, 4.69) is 38.8 Å². The molecular formula is C19H19N5O. The molecule has 126 valence electrons. The molecule has 6 nitrogen and oxygen atoms in total. The molecule has 1 heterocycles. The van der Waals surface area contributed by atoms with Gasteiger partial charge in [0.1, 0.15) is 0 Å². The predicted molar refractivity (Wildman–Crippen MR) is 98.8 cm³/mol. The van der Waals surface area contributed by atoms with Crippen molar-refractivity contribution in [3.63, 3.8) is 0 Å². The lowest BCUT2D eigenvalue weighted by Gasteiger charge is -2.11. The number of carbonyl (C=O) groups excluding carboxylic acids is 1. The van der Waals surface area contributed by atoms with E-state index in [1.165, 1.54) is 18.7 Å². The average Bonchev–Trinajstić information content (AvgIpc) is 2.59. The molecule has 25 heavy (non-hydrogen) atoms. The van der Waals surface area contributed by atoms with Gasteiger partial charge in [0.05, 0.1) is 6.20 Å². The fourth-order valence-electron chi connectivity index (χ4n) is 2.39. The molecule has 6 heteroatoms. The van der Waals surface area contributed by atoms with E-state index >= 15 is 0 Å². The molecule has 0 atom stereocenters. The Hall–Kier alpha value is -3.28. The zero-order valence-corrected chi connectivity index (χ0v) is 14.4. The van der Waals surface area contributed by atoms with Crippen molar-refractivity contribution in [3.05, 3.63) is 65.4 Å². The number of carbonyl (C=O) groups is 1. The minimum Gasteiger partial charge on any atom is -0.339 e. The molecule has 0 radical (unpaired) electrons. The zero-order valence-electron chi connectivity index (χ0n) is 14.4. The van der Waals surface area contributed by atoms with Crippen molar-refractivity contribution in [1.29, 1.82) is 0 Å². The van der Waals surface area contributed by atoms with Gasteiger partial charge in [0.25, 0.3) is 0 Å². The number of ketones is 1. The van der Waals surface area contributed by atoms with Crippen molar-refractivity contribution in [2.24, 2.45) is 0 Å². The van der Waals surface area contributed by atoms with Gasteiger partial charge in [-0.1, -0.05) is 24.3 Å². The average molecular weight is 333 g/mol. The molecule has 1 aromatic heterocycles. The topological polar surface area (TPSA) is 79.8 Å². The zero-order chi connectivity index (χ0) is 17.8. The highest BCUT2D eigenvalue weighted by Crippen LogP contribution is 2.22. The maximum Gasteiger partial charge on any atom is 0.249 e. The maximum atomic E-state index is 11.5. The Morgan fingerprint density at radius 1 is 1.04 bits per heavy atom. The minimum atomic E-state index is 0.0155. The van der Waals surface area contributed by atoms with Gasteiger partial charge in [0, 0.05) is 16.9 Å². The van der Waals surface area contributed by atoms with Gasteiger partial charge in [0.2, 0.25) is 5.95 Å². The quantitative estimate of drug-likeness (QED) is 0.682. The highest BCUT2D eigenvalue weighted by atomic mass is 16.1. The van der Waals surface area contributed by atoms with E-state index in [1.54, 1.807) is 12.1 Å². The van der Waals surface area contributed by atoms with Crippen LogP contribution in [0, 0.1) is 13.8 Å². The van der Waals surface area contributed by atoms with Gasteiger partial charge in [-0.3, -0.25) is 4.79 Å². The monoisotopic (exact) mass is 333 g/mol. The third-order valence-electron chi connectivity index (χ3n) is 3.95. The summed E-state index contributed by atoms with van der Waals surface area (Å²) in [4.78, 5) is 15.9. The SMILES string of the molecule is CC(=O)c1cccc(Nc2cnnc(Nc3cccc(C)c3C)n2)c1. The maximum absolute atomic E-state index is 11.5. The number of rotatable bonds is 5. The van der Waals surface area contributed by atoms with Crippen LogP contribution >= 0.6 is 0 Å². The van der Waals surface area contributed by atoms with E-state index in [0.29, 0.717) is 17.3 Å². The van der Waals surface area contributed by atoms with Crippen LogP contribution in [0.4, 0.5) is 23.1 Å². The molecule has 0 aliphatic heterocycles. The fraction of sp³-hybridized carbons (Fsp3) is 0.158. The van der Waals surface area contributed by atoms with Gasteiger partial charge >= 0.3 is 0 Å². The first-order valence-electron chi connectivity index (χ1n) is 7.94. The number of hydrogen-bond acceptors (Lipinski definition) is 6. The Bertz CT molecular complexity index is 923. The Balaban J connectivity index is 1.81. The fourth-order valence-corrected chi connectivity index (χ4v) is 2.39. The van der Waals surface area contributed by atoms with E-state index in [-0.39, 0.29) is 5.78 Å². The van der Waals surface area contributed by atoms with E-state index in [4.69, 9.17) is 0 Å². The van der Waals surface area contributed by atoms with Crippen molar-refractivity contribution in [3.8, 4) is 0 Å². The van der Waals surface area contributed by atoms with E-state index in [0.717, 1.165) is 16.9 Å². The van der Waals surface area contributed by atoms with Gasteiger partial charge in [0.15, 0.2) is 11.6 Å². The van der Waals surface area contributed by atoms with Gasteiger partial charge in [-0.15, -0.1) is 5.10 Å². The summed E-state index contributed by atoms with van der Waals surface area (Å²) in [5.41, 5.74) is 4.68. The van der Waals surface area contributed by atoms with Crippen molar-refractivity contribution >= 4 is 28.9 Å². The number of Topliss-reactive ketones (excluding diaryl/α,β-unsaturated/α-hetero) is 1. The summed E-state index contributed by atoms with van der Waals surface area (Å²) in [7, 11) is 0. The van der Waals surface area contributed by atoms with Gasteiger partial charge in [-0.05, 0) is 50.1 Å². The molecule has 0 aliphatic carbocycles. The van der Waals surface area contributed by atoms with Crippen LogP contribution in [0.15, 0.2) is 48.7 Å². The Labute approximate surface area is 146 Å². The lowest BCUT2D eigenvalue weighted by molar-refractivity contribution is 0.101. The Morgan fingerprint density at radius 2 is 1.84 bits per heavy atom. The lowest BCUT2D eigenvalue weighted by atomic mass is 10.1. The van der Waals surface area contributed by atoms with Gasteiger partial charge < -0.3 is 10.6 Å². The highest BCUT2D eigenvalue weighted by Gasteiger charge is 2.06. The molecule has 0 amide bonds. The molecule has 0 spiro atoms. The second-order valence-corrected chi connectivity index (χ2v) is 5.80.